The van der Waals surface area contributed by atoms with Crippen molar-refractivity contribution >= 4 is 34.4 Å². The third kappa shape index (κ3) is 3.42. The molecule has 2 amide bonds. The minimum atomic E-state index is -0.478. The predicted octanol–water partition coefficient (Wildman–Crippen LogP) is 0.254. The fourth-order valence-electron chi connectivity index (χ4n) is 3.14. The second-order valence-corrected chi connectivity index (χ2v) is 6.76. The van der Waals surface area contributed by atoms with E-state index in [0.29, 0.717) is 30.7 Å². The van der Waals surface area contributed by atoms with E-state index in [-0.39, 0.29) is 34.1 Å². The summed E-state index contributed by atoms with van der Waals surface area (Å²) in [4.78, 5) is 47.2. The number of nitrogens with zero attached hydrogens (tertiary/aromatic N) is 2. The molecule has 0 aliphatic carbocycles. The summed E-state index contributed by atoms with van der Waals surface area (Å²) in [5, 5.41) is 12.9. The number of imide groups is 1. The van der Waals surface area contributed by atoms with Crippen LogP contribution in [-0.2, 0) is 0 Å². The van der Waals surface area contributed by atoms with E-state index in [1.54, 1.807) is 0 Å². The first kappa shape index (κ1) is 19.3. The molecule has 5 N–H and O–H groups in total. The van der Waals surface area contributed by atoms with Gasteiger partial charge in [0.25, 0.3) is 17.4 Å². The quantitative estimate of drug-likeness (QED) is 0.274. The molecule has 0 bridgehead atoms. The Balaban J connectivity index is 1.63. The molecule has 11 heteroatoms. The number of nitrogens with one attached hydrogen (secondary N) is 4. The smallest absolute Gasteiger partial charge is 0.276 e. The van der Waals surface area contributed by atoms with E-state index in [9.17, 15) is 14.4 Å². The molecule has 1 aliphatic heterocycles. The van der Waals surface area contributed by atoms with Crippen molar-refractivity contribution in [3.8, 4) is 11.4 Å². The molecule has 0 spiro atoms. The van der Waals surface area contributed by atoms with Crippen molar-refractivity contribution in [2.45, 2.75) is 0 Å². The van der Waals surface area contributed by atoms with E-state index in [4.69, 9.17) is 16.7 Å². The number of fused-ring (bicyclic) bond motifs is 2. The number of carbonyl (C=O) groups is 2. The zero-order valence-electron chi connectivity index (χ0n) is 15.1. The fraction of sp³-hybridized carbons (Fsp3) is 0.222. The summed E-state index contributed by atoms with van der Waals surface area (Å²) in [6, 6.07) is 4.59. The molecule has 0 saturated carbocycles. The van der Waals surface area contributed by atoms with Gasteiger partial charge in [0.2, 0.25) is 0 Å². The van der Waals surface area contributed by atoms with Crippen molar-refractivity contribution in [2.24, 2.45) is 0 Å². The summed E-state index contributed by atoms with van der Waals surface area (Å²) in [5.41, 5.74) is 3.97. The molecule has 0 unspecified atom stereocenters. The van der Waals surface area contributed by atoms with Crippen LogP contribution < -0.4 is 16.3 Å². The minimum absolute atomic E-state index is 0.00807. The van der Waals surface area contributed by atoms with Crippen LogP contribution >= 0.6 is 11.6 Å². The first-order chi connectivity index (χ1) is 14.0. The van der Waals surface area contributed by atoms with Crippen molar-refractivity contribution < 1.29 is 14.7 Å². The number of hydrogen-bond donors (Lipinski definition) is 5. The Kier molecular flexibility index (Phi) is 5.16. The molecule has 4 rings (SSSR count). The molecular formula is C18H17ClN6O4. The van der Waals surface area contributed by atoms with Crippen molar-refractivity contribution in [3.05, 3.63) is 50.9 Å². The van der Waals surface area contributed by atoms with Crippen LogP contribution in [0.2, 0.25) is 5.02 Å². The standard InChI is InChI=1S/C18H17ClN6O4/c19-11-1-2-21-16(27)14(11)15-23-12-7-9-10(8-13(12)24-15)18(29)25(17(9)28)22-4-3-20-5-6-26/h1-2,7-8,20,22,26H,3-6H2,(H,21,27)(H,23,24). The third-order valence-corrected chi connectivity index (χ3v) is 4.81. The average molecular weight is 417 g/mol. The van der Waals surface area contributed by atoms with Gasteiger partial charge in [-0.3, -0.25) is 14.4 Å². The predicted molar refractivity (Wildman–Crippen MR) is 106 cm³/mol. The number of pyridine rings is 1. The molecule has 0 saturated heterocycles. The lowest BCUT2D eigenvalue weighted by Crippen LogP contribution is -2.45. The number of carbonyl (C=O) groups excluding carboxylic acids is 2. The van der Waals surface area contributed by atoms with Crippen LogP contribution in [0.3, 0.4) is 0 Å². The number of aromatic amines is 2. The van der Waals surface area contributed by atoms with Gasteiger partial charge in [-0.05, 0) is 18.2 Å². The van der Waals surface area contributed by atoms with Gasteiger partial charge in [0, 0.05) is 25.8 Å². The second-order valence-electron chi connectivity index (χ2n) is 6.36. The van der Waals surface area contributed by atoms with Gasteiger partial charge in [0.05, 0.1) is 33.8 Å². The van der Waals surface area contributed by atoms with Gasteiger partial charge < -0.3 is 20.4 Å². The van der Waals surface area contributed by atoms with Gasteiger partial charge in [0.1, 0.15) is 11.4 Å². The van der Waals surface area contributed by atoms with E-state index in [0.717, 1.165) is 5.01 Å². The Morgan fingerprint density at radius 3 is 2.59 bits per heavy atom. The normalized spacial score (nSPS) is 13.5. The number of amides is 2. The number of benzene rings is 1. The van der Waals surface area contributed by atoms with Crippen molar-refractivity contribution in [3.63, 3.8) is 0 Å². The van der Waals surface area contributed by atoms with Gasteiger partial charge in [-0.25, -0.2) is 15.4 Å². The molecule has 1 aromatic carbocycles. The second kappa shape index (κ2) is 7.76. The van der Waals surface area contributed by atoms with Crippen molar-refractivity contribution in [1.82, 2.24) is 30.7 Å². The van der Waals surface area contributed by atoms with Crippen molar-refractivity contribution in [1.29, 1.82) is 0 Å². The van der Waals surface area contributed by atoms with E-state index in [2.05, 4.69) is 25.7 Å². The maximum atomic E-state index is 12.6. The van der Waals surface area contributed by atoms with Gasteiger partial charge in [0.15, 0.2) is 0 Å². The largest absolute Gasteiger partial charge is 0.395 e. The van der Waals surface area contributed by atoms with E-state index in [1.807, 2.05) is 0 Å². The highest BCUT2D eigenvalue weighted by molar-refractivity contribution is 6.33. The zero-order chi connectivity index (χ0) is 20.5. The Morgan fingerprint density at radius 2 is 1.86 bits per heavy atom. The van der Waals surface area contributed by atoms with Gasteiger partial charge >= 0.3 is 0 Å². The van der Waals surface area contributed by atoms with E-state index < -0.39 is 17.4 Å². The monoisotopic (exact) mass is 416 g/mol. The SMILES string of the molecule is O=C1c2cc3nc(-c4c(Cl)cc[nH]c4=O)[nH]c3cc2C(=O)N1NCCNCCO. The number of hydrazine groups is 1. The summed E-state index contributed by atoms with van der Waals surface area (Å²) >= 11 is 6.12. The first-order valence-corrected chi connectivity index (χ1v) is 9.24. The van der Waals surface area contributed by atoms with Crippen LogP contribution in [0.15, 0.2) is 29.2 Å². The zero-order valence-corrected chi connectivity index (χ0v) is 15.8. The fourth-order valence-corrected chi connectivity index (χ4v) is 3.38. The Hall–Kier alpha value is -3.05. The van der Waals surface area contributed by atoms with Gasteiger partial charge in [-0.2, -0.15) is 0 Å². The van der Waals surface area contributed by atoms with Gasteiger partial charge in [-0.15, -0.1) is 0 Å². The molecule has 3 heterocycles. The molecule has 2 aromatic heterocycles. The van der Waals surface area contributed by atoms with Crippen LogP contribution in [0.1, 0.15) is 20.7 Å². The molecule has 0 fully saturated rings. The van der Waals surface area contributed by atoms with Crippen molar-refractivity contribution in [2.75, 3.05) is 26.2 Å². The molecule has 3 aromatic rings. The highest BCUT2D eigenvalue weighted by Gasteiger charge is 2.36. The van der Waals surface area contributed by atoms with Crippen LogP contribution in [0.5, 0.6) is 0 Å². The lowest BCUT2D eigenvalue weighted by molar-refractivity contribution is 0.0568. The lowest BCUT2D eigenvalue weighted by atomic mass is 10.1. The Morgan fingerprint density at radius 1 is 1.10 bits per heavy atom. The van der Waals surface area contributed by atoms with Crippen LogP contribution in [0.25, 0.3) is 22.4 Å². The molecule has 150 valence electrons. The number of halogens is 1. The number of hydrogen-bond acceptors (Lipinski definition) is 7. The summed E-state index contributed by atoms with van der Waals surface area (Å²) in [6.07, 6.45) is 1.43. The summed E-state index contributed by atoms with van der Waals surface area (Å²) in [7, 11) is 0. The number of H-pyrrole nitrogens is 2. The molecule has 10 nitrogen and oxygen atoms in total. The Labute approximate surface area is 168 Å². The van der Waals surface area contributed by atoms with E-state index in [1.165, 1.54) is 24.4 Å². The van der Waals surface area contributed by atoms with Crippen LogP contribution in [0.4, 0.5) is 0 Å². The maximum Gasteiger partial charge on any atom is 0.276 e. The van der Waals surface area contributed by atoms with E-state index >= 15 is 0 Å². The molecule has 0 atom stereocenters. The number of aliphatic hydroxyl groups excluding tert-OH is 1. The summed E-state index contributed by atoms with van der Waals surface area (Å²) in [5.74, 6) is -0.699. The lowest BCUT2D eigenvalue weighted by Gasteiger charge is -2.15. The first-order valence-electron chi connectivity index (χ1n) is 8.86. The molecule has 1 aliphatic rings. The molecular weight excluding hydrogens is 400 g/mol. The molecule has 29 heavy (non-hydrogen) atoms. The summed E-state index contributed by atoms with van der Waals surface area (Å²) in [6.45, 7) is 1.25. The van der Waals surface area contributed by atoms with Gasteiger partial charge in [-0.1, -0.05) is 11.6 Å². The number of aliphatic hydroxyl groups is 1. The van der Waals surface area contributed by atoms with Crippen LogP contribution in [-0.4, -0.2) is 63.1 Å². The highest BCUT2D eigenvalue weighted by Crippen LogP contribution is 2.29. The summed E-state index contributed by atoms with van der Waals surface area (Å²) < 4.78 is 0. The average Bonchev–Trinajstić information content (AvgIpc) is 3.20. The Bertz CT molecular complexity index is 1120. The van der Waals surface area contributed by atoms with Crippen LogP contribution in [0, 0.1) is 0 Å². The number of aromatic nitrogens is 3. The maximum absolute atomic E-state index is 12.6. The minimum Gasteiger partial charge on any atom is -0.395 e. The topological polar surface area (TPSA) is 143 Å². The number of rotatable bonds is 7. The third-order valence-electron chi connectivity index (χ3n) is 4.50. The number of imidazole rings is 1. The molecule has 0 radical (unpaired) electrons. The highest BCUT2D eigenvalue weighted by atomic mass is 35.5.